The largest absolute Gasteiger partial charge is 0.374 e. The van der Waals surface area contributed by atoms with E-state index in [1.807, 2.05) is 0 Å². The lowest BCUT2D eigenvalue weighted by Crippen LogP contribution is -2.20. The van der Waals surface area contributed by atoms with Crippen LogP contribution in [-0.2, 0) is 6.54 Å². The van der Waals surface area contributed by atoms with Gasteiger partial charge < -0.3 is 10.6 Å². The molecular formula is C14H24N2. The van der Waals surface area contributed by atoms with Crippen molar-refractivity contribution in [1.29, 1.82) is 0 Å². The maximum absolute atomic E-state index is 5.74. The molecule has 90 valence electrons. The highest BCUT2D eigenvalue weighted by Gasteiger charge is 2.04. The first-order valence-corrected chi connectivity index (χ1v) is 6.28. The standard InChI is InChI=1S/C14H24N2/c1-3-4-5-8-11-16(2)14-10-7-6-9-13(14)12-15/h6-7,9-10H,3-5,8,11-12,15H2,1-2H3. The van der Waals surface area contributed by atoms with Crippen LogP contribution in [0, 0.1) is 0 Å². The molecule has 2 nitrogen and oxygen atoms in total. The molecule has 0 aliphatic carbocycles. The van der Waals surface area contributed by atoms with Crippen LogP contribution in [0.5, 0.6) is 0 Å². The topological polar surface area (TPSA) is 29.3 Å². The average Bonchev–Trinajstić information content (AvgIpc) is 2.34. The van der Waals surface area contributed by atoms with Crippen LogP contribution in [0.1, 0.15) is 38.2 Å². The van der Waals surface area contributed by atoms with Crippen LogP contribution in [0.4, 0.5) is 5.69 Å². The van der Waals surface area contributed by atoms with Crippen molar-refractivity contribution in [1.82, 2.24) is 0 Å². The van der Waals surface area contributed by atoms with E-state index in [0.29, 0.717) is 6.54 Å². The van der Waals surface area contributed by atoms with Gasteiger partial charge in [0.05, 0.1) is 0 Å². The number of benzene rings is 1. The molecule has 2 N–H and O–H groups in total. The maximum atomic E-state index is 5.74. The van der Waals surface area contributed by atoms with E-state index in [1.54, 1.807) is 0 Å². The van der Waals surface area contributed by atoms with Crippen LogP contribution in [0.15, 0.2) is 24.3 Å². The van der Waals surface area contributed by atoms with Crippen LogP contribution >= 0.6 is 0 Å². The Balaban J connectivity index is 2.48. The molecule has 1 aromatic carbocycles. The zero-order valence-electron chi connectivity index (χ0n) is 10.6. The summed E-state index contributed by atoms with van der Waals surface area (Å²) in [5.74, 6) is 0. The summed E-state index contributed by atoms with van der Waals surface area (Å²) >= 11 is 0. The summed E-state index contributed by atoms with van der Waals surface area (Å²) in [5.41, 5.74) is 8.25. The van der Waals surface area contributed by atoms with E-state index in [2.05, 4.69) is 43.1 Å². The summed E-state index contributed by atoms with van der Waals surface area (Å²) in [7, 11) is 2.15. The third-order valence-electron chi connectivity index (χ3n) is 2.97. The van der Waals surface area contributed by atoms with E-state index in [1.165, 1.54) is 36.9 Å². The molecule has 0 amide bonds. The Morgan fingerprint density at radius 2 is 1.88 bits per heavy atom. The van der Waals surface area contributed by atoms with Gasteiger partial charge in [0.2, 0.25) is 0 Å². The molecule has 0 radical (unpaired) electrons. The average molecular weight is 220 g/mol. The van der Waals surface area contributed by atoms with E-state index < -0.39 is 0 Å². The zero-order chi connectivity index (χ0) is 11.8. The molecular weight excluding hydrogens is 196 g/mol. The Morgan fingerprint density at radius 3 is 2.56 bits per heavy atom. The SMILES string of the molecule is CCCCCCN(C)c1ccccc1CN. The fourth-order valence-electron chi connectivity index (χ4n) is 1.95. The Morgan fingerprint density at radius 1 is 1.12 bits per heavy atom. The Bertz CT molecular complexity index is 297. The molecule has 0 heterocycles. The monoisotopic (exact) mass is 220 g/mol. The highest BCUT2D eigenvalue weighted by atomic mass is 15.1. The predicted octanol–water partition coefficient (Wildman–Crippen LogP) is 3.16. The van der Waals surface area contributed by atoms with Crippen molar-refractivity contribution in [2.24, 2.45) is 5.73 Å². The van der Waals surface area contributed by atoms with Gasteiger partial charge in [0, 0.05) is 25.8 Å². The van der Waals surface area contributed by atoms with Crippen LogP contribution in [-0.4, -0.2) is 13.6 Å². The van der Waals surface area contributed by atoms with Gasteiger partial charge in [-0.2, -0.15) is 0 Å². The van der Waals surface area contributed by atoms with Gasteiger partial charge in [0.15, 0.2) is 0 Å². The first-order valence-electron chi connectivity index (χ1n) is 6.28. The molecule has 1 rings (SSSR count). The van der Waals surface area contributed by atoms with Gasteiger partial charge in [0.25, 0.3) is 0 Å². The van der Waals surface area contributed by atoms with Crippen molar-refractivity contribution in [3.63, 3.8) is 0 Å². The third kappa shape index (κ3) is 3.86. The minimum Gasteiger partial charge on any atom is -0.374 e. The van der Waals surface area contributed by atoms with Crippen molar-refractivity contribution in [2.45, 2.75) is 39.2 Å². The fraction of sp³-hybridized carbons (Fsp3) is 0.571. The molecule has 2 heteroatoms. The van der Waals surface area contributed by atoms with E-state index in [-0.39, 0.29) is 0 Å². The van der Waals surface area contributed by atoms with Gasteiger partial charge in [-0.05, 0) is 18.1 Å². The zero-order valence-corrected chi connectivity index (χ0v) is 10.6. The predicted molar refractivity (Wildman–Crippen MR) is 71.7 cm³/mol. The van der Waals surface area contributed by atoms with Crippen LogP contribution < -0.4 is 10.6 Å². The number of anilines is 1. The molecule has 0 atom stereocenters. The molecule has 0 saturated heterocycles. The summed E-state index contributed by atoms with van der Waals surface area (Å²) < 4.78 is 0. The van der Waals surface area contributed by atoms with E-state index in [4.69, 9.17) is 5.73 Å². The minimum absolute atomic E-state index is 0.621. The van der Waals surface area contributed by atoms with Gasteiger partial charge in [-0.3, -0.25) is 0 Å². The second kappa shape index (κ2) is 7.29. The van der Waals surface area contributed by atoms with E-state index >= 15 is 0 Å². The van der Waals surface area contributed by atoms with Crippen LogP contribution in [0.2, 0.25) is 0 Å². The number of nitrogens with zero attached hydrogens (tertiary/aromatic N) is 1. The Hall–Kier alpha value is -1.02. The lowest BCUT2D eigenvalue weighted by Gasteiger charge is -2.22. The van der Waals surface area contributed by atoms with Gasteiger partial charge in [-0.15, -0.1) is 0 Å². The maximum Gasteiger partial charge on any atom is 0.0409 e. The number of nitrogens with two attached hydrogens (primary N) is 1. The van der Waals surface area contributed by atoms with Crippen molar-refractivity contribution < 1.29 is 0 Å². The summed E-state index contributed by atoms with van der Waals surface area (Å²) in [4.78, 5) is 2.32. The lowest BCUT2D eigenvalue weighted by molar-refractivity contribution is 0.660. The summed E-state index contributed by atoms with van der Waals surface area (Å²) in [6, 6.07) is 8.40. The summed E-state index contributed by atoms with van der Waals surface area (Å²) in [6.07, 6.45) is 5.23. The Labute approximate surface area is 99.5 Å². The highest BCUT2D eigenvalue weighted by molar-refractivity contribution is 5.52. The Kier molecular flexibility index (Phi) is 5.94. The smallest absolute Gasteiger partial charge is 0.0409 e. The van der Waals surface area contributed by atoms with Gasteiger partial charge >= 0.3 is 0 Å². The molecule has 0 spiro atoms. The molecule has 0 saturated carbocycles. The lowest BCUT2D eigenvalue weighted by atomic mass is 10.1. The van der Waals surface area contributed by atoms with E-state index in [9.17, 15) is 0 Å². The van der Waals surface area contributed by atoms with Gasteiger partial charge in [-0.1, -0.05) is 44.4 Å². The first-order chi connectivity index (χ1) is 7.79. The van der Waals surface area contributed by atoms with Crippen molar-refractivity contribution >= 4 is 5.69 Å². The van der Waals surface area contributed by atoms with Gasteiger partial charge in [-0.25, -0.2) is 0 Å². The van der Waals surface area contributed by atoms with E-state index in [0.717, 1.165) is 6.54 Å². The molecule has 0 aliphatic heterocycles. The number of para-hydroxylation sites is 1. The number of rotatable bonds is 7. The molecule has 0 aliphatic rings. The molecule has 0 unspecified atom stereocenters. The van der Waals surface area contributed by atoms with Crippen LogP contribution in [0.3, 0.4) is 0 Å². The third-order valence-corrected chi connectivity index (χ3v) is 2.97. The highest BCUT2D eigenvalue weighted by Crippen LogP contribution is 2.19. The molecule has 1 aromatic rings. The number of unbranched alkanes of at least 4 members (excludes halogenated alkanes) is 3. The number of hydrogen-bond donors (Lipinski definition) is 1. The van der Waals surface area contributed by atoms with Gasteiger partial charge in [0.1, 0.15) is 0 Å². The van der Waals surface area contributed by atoms with Crippen LogP contribution in [0.25, 0.3) is 0 Å². The normalized spacial score (nSPS) is 10.4. The second-order valence-corrected chi connectivity index (χ2v) is 4.32. The molecule has 0 bridgehead atoms. The quantitative estimate of drug-likeness (QED) is 0.715. The van der Waals surface area contributed by atoms with Crippen molar-refractivity contribution in [3.05, 3.63) is 29.8 Å². The summed E-state index contributed by atoms with van der Waals surface area (Å²) in [5, 5.41) is 0. The summed E-state index contributed by atoms with van der Waals surface area (Å²) in [6.45, 7) is 3.99. The van der Waals surface area contributed by atoms with Crippen molar-refractivity contribution in [2.75, 3.05) is 18.5 Å². The second-order valence-electron chi connectivity index (χ2n) is 4.32. The number of hydrogen-bond acceptors (Lipinski definition) is 2. The molecule has 0 fully saturated rings. The fourth-order valence-corrected chi connectivity index (χ4v) is 1.95. The molecule has 0 aromatic heterocycles. The minimum atomic E-state index is 0.621. The van der Waals surface area contributed by atoms with Crippen molar-refractivity contribution in [3.8, 4) is 0 Å². The first kappa shape index (κ1) is 13.0. The molecule has 16 heavy (non-hydrogen) atoms.